The first kappa shape index (κ1) is 39.5. The van der Waals surface area contributed by atoms with Crippen molar-refractivity contribution in [3.8, 4) is 5.75 Å². The highest BCUT2D eigenvalue weighted by Crippen LogP contribution is 2.48. The van der Waals surface area contributed by atoms with E-state index >= 15 is 0 Å². The maximum Gasteiger partial charge on any atom is 0.459 e. The lowest BCUT2D eigenvalue weighted by molar-refractivity contribution is -0.151. The van der Waals surface area contributed by atoms with E-state index in [0.717, 1.165) is 12.3 Å². The summed E-state index contributed by atoms with van der Waals surface area (Å²) >= 11 is 12.0. The summed E-state index contributed by atoms with van der Waals surface area (Å²) in [6.07, 6.45) is -2.39. The van der Waals surface area contributed by atoms with Crippen molar-refractivity contribution in [2.45, 2.75) is 57.0 Å². The van der Waals surface area contributed by atoms with Crippen molar-refractivity contribution in [1.29, 1.82) is 0 Å². The van der Waals surface area contributed by atoms with Crippen LogP contribution in [0.4, 0.5) is 16.2 Å². The summed E-state index contributed by atoms with van der Waals surface area (Å²) in [4.78, 5) is 27.5. The SMILES string of the molecule is CC(C)(NP(=O)(OCC1OC(n2cnc3c(NNS(C)(=O)=O)nc(N)nc32)[C@](C)(O)[C@@H]1O)Oc1ccc(Cl)cc1)C(=O)OCc1c(F)cccc1Cl. The van der Waals surface area contributed by atoms with Gasteiger partial charge in [-0.2, -0.15) is 15.1 Å². The predicted molar refractivity (Wildman–Crippen MR) is 186 cm³/mol. The molecular formula is C29H34Cl2FN8O10PS. The highest BCUT2D eigenvalue weighted by Gasteiger charge is 2.54. The molecule has 0 radical (unpaired) electrons. The third-order valence-corrected chi connectivity index (χ3v) is 10.4. The van der Waals surface area contributed by atoms with Crippen LogP contribution in [0.1, 0.15) is 32.6 Å². The molecule has 0 amide bonds. The zero-order chi connectivity index (χ0) is 38.2. The van der Waals surface area contributed by atoms with Crippen LogP contribution in [0.3, 0.4) is 0 Å². The van der Waals surface area contributed by atoms with Crippen molar-refractivity contribution in [1.82, 2.24) is 29.4 Å². The van der Waals surface area contributed by atoms with Gasteiger partial charge in [-0.25, -0.2) is 22.4 Å². The van der Waals surface area contributed by atoms with E-state index in [1.165, 1.54) is 68.1 Å². The van der Waals surface area contributed by atoms with Crippen LogP contribution in [-0.2, 0) is 40.0 Å². The zero-order valence-electron chi connectivity index (χ0n) is 27.8. The Bertz CT molecular complexity index is 2110. The minimum absolute atomic E-state index is 0.0113. The topological polar surface area (TPSA) is 251 Å². The van der Waals surface area contributed by atoms with Crippen LogP contribution >= 0.6 is 30.9 Å². The molecule has 0 aliphatic carbocycles. The Labute approximate surface area is 306 Å². The van der Waals surface area contributed by atoms with E-state index < -0.39 is 72.3 Å². The molecule has 2 aromatic heterocycles. The van der Waals surface area contributed by atoms with Gasteiger partial charge in [0.25, 0.3) is 0 Å². The Morgan fingerprint density at radius 3 is 2.56 bits per heavy atom. The zero-order valence-corrected chi connectivity index (χ0v) is 31.0. The lowest BCUT2D eigenvalue weighted by Gasteiger charge is -2.30. The van der Waals surface area contributed by atoms with Gasteiger partial charge in [0, 0.05) is 10.6 Å². The van der Waals surface area contributed by atoms with Crippen LogP contribution in [0, 0.1) is 5.82 Å². The number of sulfonamides is 1. The summed E-state index contributed by atoms with van der Waals surface area (Å²) in [5.41, 5.74) is 4.31. The number of nitrogen functional groups attached to an aromatic ring is 1. The minimum Gasteiger partial charge on any atom is -0.459 e. The van der Waals surface area contributed by atoms with E-state index in [1.54, 1.807) is 0 Å². The molecule has 7 N–H and O–H groups in total. The number of nitrogens with one attached hydrogen (secondary N) is 3. The number of hydrazine groups is 1. The fourth-order valence-electron chi connectivity index (χ4n) is 4.97. The van der Waals surface area contributed by atoms with Gasteiger partial charge in [-0.1, -0.05) is 29.3 Å². The Morgan fingerprint density at radius 2 is 1.90 bits per heavy atom. The molecule has 0 bridgehead atoms. The van der Waals surface area contributed by atoms with Gasteiger partial charge < -0.3 is 29.9 Å². The van der Waals surface area contributed by atoms with Gasteiger partial charge in [0.1, 0.15) is 41.5 Å². The molecule has 1 aliphatic rings. The maximum atomic E-state index is 14.3. The Hall–Kier alpha value is -3.69. The van der Waals surface area contributed by atoms with Gasteiger partial charge in [0.2, 0.25) is 16.0 Å². The largest absolute Gasteiger partial charge is 0.459 e. The number of halogens is 3. The fraction of sp³-hybridized carbons (Fsp3) is 0.379. The Balaban J connectivity index is 1.37. The van der Waals surface area contributed by atoms with Gasteiger partial charge in [-0.3, -0.25) is 19.3 Å². The van der Waals surface area contributed by atoms with E-state index in [2.05, 4.69) is 25.5 Å². The molecule has 52 heavy (non-hydrogen) atoms. The van der Waals surface area contributed by atoms with Gasteiger partial charge in [0.05, 0.1) is 24.2 Å². The quantitative estimate of drug-likeness (QED) is 0.0608. The number of benzene rings is 2. The number of ether oxygens (including phenoxy) is 2. The van der Waals surface area contributed by atoms with Crippen molar-refractivity contribution in [2.24, 2.45) is 0 Å². The summed E-state index contributed by atoms with van der Waals surface area (Å²) in [7, 11) is -8.33. The number of hydrogen-bond acceptors (Lipinski definition) is 15. The van der Waals surface area contributed by atoms with Crippen LogP contribution in [0.15, 0.2) is 48.8 Å². The Morgan fingerprint density at radius 1 is 1.21 bits per heavy atom. The molecule has 3 unspecified atom stereocenters. The van der Waals surface area contributed by atoms with E-state index in [4.69, 9.17) is 47.5 Å². The summed E-state index contributed by atoms with van der Waals surface area (Å²) in [5, 5.41) is 25.5. The average molecular weight is 808 g/mol. The number of carbonyl (C=O) groups is 1. The molecule has 0 spiro atoms. The van der Waals surface area contributed by atoms with E-state index in [-0.39, 0.29) is 39.3 Å². The van der Waals surface area contributed by atoms with E-state index in [1.807, 2.05) is 4.83 Å². The van der Waals surface area contributed by atoms with Crippen LogP contribution in [0.5, 0.6) is 5.75 Å². The maximum absolute atomic E-state index is 14.3. The molecule has 1 saturated heterocycles. The Kier molecular flexibility index (Phi) is 11.4. The number of anilines is 2. The van der Waals surface area contributed by atoms with Crippen molar-refractivity contribution >= 4 is 69.9 Å². The number of rotatable bonds is 14. The normalized spacial score (nSPS) is 21.9. The number of aromatic nitrogens is 4. The number of aliphatic hydroxyl groups is 2. The number of nitrogens with two attached hydrogens (primary N) is 1. The highest BCUT2D eigenvalue weighted by molar-refractivity contribution is 7.88. The van der Waals surface area contributed by atoms with Crippen LogP contribution in [0.25, 0.3) is 11.2 Å². The first-order chi connectivity index (χ1) is 24.2. The van der Waals surface area contributed by atoms with Crippen LogP contribution < -0.4 is 25.6 Å². The molecule has 1 fully saturated rings. The number of imidazole rings is 1. The molecule has 18 nitrogen and oxygen atoms in total. The third kappa shape index (κ3) is 8.91. The second-order valence-electron chi connectivity index (χ2n) is 12.3. The minimum atomic E-state index is -4.61. The molecule has 4 aromatic rings. The predicted octanol–water partition coefficient (Wildman–Crippen LogP) is 3.06. The van der Waals surface area contributed by atoms with Crippen molar-refractivity contribution in [3.05, 3.63) is 70.2 Å². The molecule has 282 valence electrons. The van der Waals surface area contributed by atoms with Crippen LogP contribution in [0.2, 0.25) is 10.0 Å². The van der Waals surface area contributed by atoms with Gasteiger partial charge in [0.15, 0.2) is 23.2 Å². The first-order valence-corrected chi connectivity index (χ1v) is 19.3. The highest BCUT2D eigenvalue weighted by atomic mass is 35.5. The van der Waals surface area contributed by atoms with Gasteiger partial charge >= 0.3 is 13.7 Å². The smallest absolute Gasteiger partial charge is 0.459 e. The molecule has 2 aromatic carbocycles. The third-order valence-electron chi connectivity index (χ3n) is 7.58. The fourth-order valence-corrected chi connectivity index (χ4v) is 7.28. The van der Waals surface area contributed by atoms with Crippen LogP contribution in [-0.4, -0.2) is 80.3 Å². The average Bonchev–Trinajstić information content (AvgIpc) is 3.55. The summed E-state index contributed by atoms with van der Waals surface area (Å²) in [5.74, 6) is -2.08. The first-order valence-electron chi connectivity index (χ1n) is 15.1. The number of nitrogens with zero attached hydrogens (tertiary/aromatic N) is 4. The molecule has 5 rings (SSSR count). The molecule has 1 aliphatic heterocycles. The van der Waals surface area contributed by atoms with Gasteiger partial charge in [-0.05, 0) is 57.2 Å². The number of esters is 1. The monoisotopic (exact) mass is 806 g/mol. The van der Waals surface area contributed by atoms with Crippen molar-refractivity contribution in [2.75, 3.05) is 24.0 Å². The second-order valence-corrected chi connectivity index (χ2v) is 16.6. The second kappa shape index (κ2) is 15.0. The molecule has 5 atom stereocenters. The number of hydrogen-bond donors (Lipinski definition) is 6. The lowest BCUT2D eigenvalue weighted by Crippen LogP contribution is -2.47. The molecule has 3 heterocycles. The van der Waals surface area contributed by atoms with E-state index in [0.29, 0.717) is 5.02 Å². The molecule has 23 heteroatoms. The standard InChI is InChI=1S/C29H34Cl2FN8O10PS/c1-28(2,26(42)47-12-17-18(31)6-5-7-19(17)32)38-51(44,50-16-10-8-15(30)9-11-16)48-13-20-22(41)29(3,43)25(49-20)40-14-34-21-23(37-39-52(4,45)46)35-27(33)36-24(21)40/h5-11,14,20,22,25,39,41,43H,12-13H2,1-4H3,(H,38,44)(H3,33,35,36,37)/t20?,22-,25?,29-,51?/m1/s1. The number of carbonyl (C=O) groups excluding carboxylic acids is 1. The molecule has 0 saturated carbocycles. The summed E-state index contributed by atoms with van der Waals surface area (Å²) < 4.78 is 75.7. The van der Waals surface area contributed by atoms with Crippen molar-refractivity contribution < 1.29 is 50.9 Å². The van der Waals surface area contributed by atoms with Gasteiger partial charge in [-0.15, -0.1) is 4.83 Å². The lowest BCUT2D eigenvalue weighted by atomic mass is 9.96. The summed E-state index contributed by atoms with van der Waals surface area (Å²) in [6, 6.07) is 9.64. The number of fused-ring (bicyclic) bond motifs is 1. The summed E-state index contributed by atoms with van der Waals surface area (Å²) in [6.45, 7) is 2.66. The molecular weight excluding hydrogens is 773 g/mol. The van der Waals surface area contributed by atoms with E-state index in [9.17, 15) is 32.4 Å². The number of aliphatic hydroxyl groups excluding tert-OH is 1. The van der Waals surface area contributed by atoms with Crippen molar-refractivity contribution in [3.63, 3.8) is 0 Å².